The second kappa shape index (κ2) is 10.9. The highest BCUT2D eigenvalue weighted by Gasteiger charge is 2.22. The van der Waals surface area contributed by atoms with Gasteiger partial charge >= 0.3 is 0 Å². The van der Waals surface area contributed by atoms with Crippen LogP contribution in [0.4, 0.5) is 5.69 Å². The predicted octanol–water partition coefficient (Wildman–Crippen LogP) is 3.72. The predicted molar refractivity (Wildman–Crippen MR) is 123 cm³/mol. The molecule has 0 aliphatic carbocycles. The van der Waals surface area contributed by atoms with Crippen molar-refractivity contribution in [3.05, 3.63) is 41.8 Å². The van der Waals surface area contributed by atoms with E-state index in [4.69, 9.17) is 9.26 Å². The number of rotatable bonds is 7. The molecule has 0 atom stereocenters. The van der Waals surface area contributed by atoms with Crippen LogP contribution < -0.4 is 9.64 Å². The molecule has 0 saturated carbocycles. The maximum absolute atomic E-state index is 12.0. The molecule has 0 bridgehead atoms. The van der Waals surface area contributed by atoms with Crippen molar-refractivity contribution in [1.29, 1.82) is 0 Å². The molecule has 3 heterocycles. The fraction of sp³-hybridized carbons (Fsp3) is 0.565. The summed E-state index contributed by atoms with van der Waals surface area (Å²) >= 11 is 0. The van der Waals surface area contributed by atoms with Crippen LogP contribution in [-0.2, 0) is 17.9 Å². The fourth-order valence-electron chi connectivity index (χ4n) is 4.17. The Bertz CT molecular complexity index is 849. The summed E-state index contributed by atoms with van der Waals surface area (Å²) in [7, 11) is 0. The molecular formula is C23H33ClN4O3. The Morgan fingerprint density at radius 1 is 1.06 bits per heavy atom. The molecule has 8 heteroatoms. The lowest BCUT2D eigenvalue weighted by Crippen LogP contribution is -2.46. The monoisotopic (exact) mass is 448 g/mol. The van der Waals surface area contributed by atoms with E-state index in [1.165, 1.54) is 5.69 Å². The molecule has 2 aliphatic heterocycles. The maximum atomic E-state index is 12.0. The lowest BCUT2D eigenvalue weighted by molar-refractivity contribution is -0.133. The normalized spacial score (nSPS) is 17.7. The van der Waals surface area contributed by atoms with Gasteiger partial charge in [0.05, 0.1) is 24.9 Å². The molecule has 4 rings (SSSR count). The number of hydrogen-bond donors (Lipinski definition) is 0. The van der Waals surface area contributed by atoms with Gasteiger partial charge in [0.1, 0.15) is 11.4 Å². The highest BCUT2D eigenvalue weighted by Crippen LogP contribution is 2.30. The van der Waals surface area contributed by atoms with Crippen molar-refractivity contribution in [3.63, 3.8) is 0 Å². The van der Waals surface area contributed by atoms with Gasteiger partial charge in [-0.25, -0.2) is 0 Å². The molecule has 0 spiro atoms. The molecule has 0 unspecified atom stereocenters. The van der Waals surface area contributed by atoms with E-state index in [-0.39, 0.29) is 24.4 Å². The second-order valence-electron chi connectivity index (χ2n) is 8.45. The number of amides is 1. The van der Waals surface area contributed by atoms with Crippen molar-refractivity contribution in [2.75, 3.05) is 37.6 Å². The summed E-state index contributed by atoms with van der Waals surface area (Å²) in [6.07, 6.45) is 2.89. The first-order valence-corrected chi connectivity index (χ1v) is 11.0. The Hall–Kier alpha value is -2.25. The molecule has 7 nitrogen and oxygen atoms in total. The van der Waals surface area contributed by atoms with Gasteiger partial charge in [0.15, 0.2) is 5.76 Å². The molecule has 1 amide bonds. The van der Waals surface area contributed by atoms with Gasteiger partial charge in [0, 0.05) is 45.2 Å². The zero-order valence-electron chi connectivity index (χ0n) is 18.5. The third-order valence-corrected chi connectivity index (χ3v) is 5.70. The molecule has 2 aliphatic rings. The van der Waals surface area contributed by atoms with E-state index in [0.717, 1.165) is 69.3 Å². The number of benzene rings is 1. The van der Waals surface area contributed by atoms with Crippen molar-refractivity contribution in [2.45, 2.75) is 52.3 Å². The Morgan fingerprint density at radius 3 is 2.58 bits per heavy atom. The molecule has 31 heavy (non-hydrogen) atoms. The van der Waals surface area contributed by atoms with Gasteiger partial charge in [0.25, 0.3) is 0 Å². The topological polar surface area (TPSA) is 62.1 Å². The van der Waals surface area contributed by atoms with E-state index >= 15 is 0 Å². The van der Waals surface area contributed by atoms with Crippen LogP contribution in [0, 0.1) is 0 Å². The quantitative estimate of drug-likeness (QED) is 0.643. The Kier molecular flexibility index (Phi) is 8.21. The summed E-state index contributed by atoms with van der Waals surface area (Å²) in [6.45, 7) is 10.0. The van der Waals surface area contributed by atoms with Gasteiger partial charge in [-0.3, -0.25) is 9.69 Å². The second-order valence-corrected chi connectivity index (χ2v) is 8.45. The number of aromatic nitrogens is 1. The van der Waals surface area contributed by atoms with Gasteiger partial charge < -0.3 is 19.1 Å². The van der Waals surface area contributed by atoms with Crippen LogP contribution in [0.1, 0.15) is 44.6 Å². The number of anilines is 1. The van der Waals surface area contributed by atoms with Crippen LogP contribution in [0.5, 0.6) is 5.75 Å². The molecule has 2 saturated heterocycles. The molecule has 0 N–H and O–H groups in total. The summed E-state index contributed by atoms with van der Waals surface area (Å²) in [5.74, 6) is 2.04. The Morgan fingerprint density at radius 2 is 1.84 bits per heavy atom. The van der Waals surface area contributed by atoms with Crippen molar-refractivity contribution in [3.8, 4) is 5.75 Å². The van der Waals surface area contributed by atoms with Crippen LogP contribution in [0.25, 0.3) is 0 Å². The van der Waals surface area contributed by atoms with Gasteiger partial charge in [-0.15, -0.1) is 12.4 Å². The number of piperidine rings is 1. The molecule has 2 aromatic rings. The summed E-state index contributed by atoms with van der Waals surface area (Å²) in [4.78, 5) is 18.7. The highest BCUT2D eigenvalue weighted by atomic mass is 35.5. The molecular weight excluding hydrogens is 416 g/mol. The number of hydrogen-bond acceptors (Lipinski definition) is 6. The number of likely N-dealkylation sites (tertiary alicyclic amines) is 1. The third kappa shape index (κ3) is 6.14. The number of nitrogens with zero attached hydrogens (tertiary/aromatic N) is 4. The minimum Gasteiger partial charge on any atom is -0.489 e. The van der Waals surface area contributed by atoms with Crippen LogP contribution in [0.2, 0.25) is 0 Å². The first kappa shape index (κ1) is 23.4. The highest BCUT2D eigenvalue weighted by molar-refractivity contribution is 5.85. The van der Waals surface area contributed by atoms with Crippen molar-refractivity contribution < 1.29 is 14.1 Å². The van der Waals surface area contributed by atoms with E-state index in [1.54, 1.807) is 0 Å². The zero-order chi connectivity index (χ0) is 20.9. The number of carbonyl (C=O) groups excluding carboxylic acids is 1. The first-order valence-electron chi connectivity index (χ1n) is 11.0. The van der Waals surface area contributed by atoms with Gasteiger partial charge in [-0.1, -0.05) is 17.3 Å². The van der Waals surface area contributed by atoms with Crippen LogP contribution in [-0.4, -0.2) is 59.7 Å². The van der Waals surface area contributed by atoms with E-state index in [2.05, 4.69) is 40.9 Å². The Balaban J connectivity index is 0.00000272. The van der Waals surface area contributed by atoms with Crippen molar-refractivity contribution in [2.24, 2.45) is 0 Å². The summed E-state index contributed by atoms with van der Waals surface area (Å²) in [5, 5.41) is 4.19. The number of halogens is 1. The van der Waals surface area contributed by atoms with E-state index in [1.807, 2.05) is 23.1 Å². The van der Waals surface area contributed by atoms with Crippen LogP contribution in [0.3, 0.4) is 0 Å². The van der Waals surface area contributed by atoms with Crippen LogP contribution in [0.15, 0.2) is 34.9 Å². The van der Waals surface area contributed by atoms with Gasteiger partial charge in [-0.05, 0) is 38.8 Å². The summed E-state index contributed by atoms with van der Waals surface area (Å²) < 4.78 is 11.5. The number of ether oxygens (including phenoxy) is 1. The lowest BCUT2D eigenvalue weighted by Gasteiger charge is -2.36. The van der Waals surface area contributed by atoms with Gasteiger partial charge in [0.2, 0.25) is 5.91 Å². The molecule has 1 aromatic heterocycles. The Labute approximate surface area is 190 Å². The molecule has 170 valence electrons. The number of para-hydroxylation sites is 2. The minimum absolute atomic E-state index is 0. The molecule has 0 radical (unpaired) electrons. The zero-order valence-corrected chi connectivity index (χ0v) is 19.3. The van der Waals surface area contributed by atoms with Gasteiger partial charge in [-0.2, -0.15) is 0 Å². The third-order valence-electron chi connectivity index (χ3n) is 5.70. The fourth-order valence-corrected chi connectivity index (χ4v) is 4.17. The van der Waals surface area contributed by atoms with Crippen LogP contribution >= 0.6 is 12.4 Å². The minimum atomic E-state index is 0. The molecule has 2 fully saturated rings. The van der Waals surface area contributed by atoms with E-state index in [9.17, 15) is 4.79 Å². The summed E-state index contributed by atoms with van der Waals surface area (Å²) in [6, 6.07) is 10.3. The largest absolute Gasteiger partial charge is 0.489 e. The smallest absolute Gasteiger partial charge is 0.222 e. The summed E-state index contributed by atoms with van der Waals surface area (Å²) in [5.41, 5.74) is 2.01. The first-order chi connectivity index (χ1) is 14.6. The van der Waals surface area contributed by atoms with E-state index < -0.39 is 0 Å². The van der Waals surface area contributed by atoms with Crippen molar-refractivity contribution in [1.82, 2.24) is 15.0 Å². The van der Waals surface area contributed by atoms with Crippen molar-refractivity contribution >= 4 is 24.0 Å². The van der Waals surface area contributed by atoms with E-state index in [0.29, 0.717) is 13.0 Å². The SMILES string of the molecule is CC(C)Oc1ccccc1N1CCN(Cc2cc(CN3CCCCC3=O)no2)CC1.Cl. The number of piperazine rings is 1. The lowest BCUT2D eigenvalue weighted by atomic mass is 10.1. The maximum Gasteiger partial charge on any atom is 0.222 e. The number of carbonyl (C=O) groups is 1. The molecule has 1 aromatic carbocycles. The average Bonchev–Trinajstić information content (AvgIpc) is 3.17. The standard InChI is InChI=1S/C23H32N4O3.ClH/c1-18(2)29-22-8-4-3-7-21(22)26-13-11-25(12-14-26)17-20-15-19(24-30-20)16-27-10-6-5-9-23(27)28;/h3-4,7-8,15,18H,5-6,9-14,16-17H2,1-2H3;1H. The average molecular weight is 449 g/mol.